The minimum atomic E-state index is -0.716. The number of amides is 2. The molecule has 1 fully saturated rings. The maximum absolute atomic E-state index is 12.8. The molecule has 1 saturated heterocycles. The first-order chi connectivity index (χ1) is 16.0. The van der Waals surface area contributed by atoms with E-state index < -0.39 is 29.3 Å². The highest BCUT2D eigenvalue weighted by molar-refractivity contribution is 9.10. The summed E-state index contributed by atoms with van der Waals surface area (Å²) in [5.74, 6) is -0.302. The van der Waals surface area contributed by atoms with Crippen molar-refractivity contribution in [2.24, 2.45) is 0 Å². The van der Waals surface area contributed by atoms with E-state index in [1.54, 1.807) is 45.0 Å². The fraction of sp³-hybridized carbons (Fsp3) is 0.292. The molecule has 1 aliphatic heterocycles. The van der Waals surface area contributed by atoms with Crippen molar-refractivity contribution >= 4 is 62.5 Å². The summed E-state index contributed by atoms with van der Waals surface area (Å²) in [4.78, 5) is 38.3. The lowest BCUT2D eigenvalue weighted by molar-refractivity contribution is -0.156. The lowest BCUT2D eigenvalue weighted by Crippen LogP contribution is -2.37. The average Bonchev–Trinajstić information content (AvgIpc) is 3.00. The Hall–Kier alpha value is -2.49. The zero-order valence-corrected chi connectivity index (χ0v) is 22.2. The highest BCUT2D eigenvalue weighted by Gasteiger charge is 2.37. The van der Waals surface area contributed by atoms with E-state index in [9.17, 15) is 14.4 Å². The Bertz CT molecular complexity index is 1160. The molecule has 1 aliphatic rings. The van der Waals surface area contributed by atoms with Crippen molar-refractivity contribution in [2.45, 2.75) is 33.0 Å². The average molecular weight is 569 g/mol. The number of hydrogen-bond donors (Lipinski definition) is 0. The van der Waals surface area contributed by atoms with Crippen LogP contribution in [0.5, 0.6) is 11.5 Å². The van der Waals surface area contributed by atoms with Crippen LogP contribution in [-0.4, -0.2) is 41.3 Å². The predicted octanol–water partition coefficient (Wildman–Crippen LogP) is 6.07. The molecular weight excluding hydrogens is 546 g/mol. The van der Waals surface area contributed by atoms with Crippen LogP contribution in [0.25, 0.3) is 6.08 Å². The van der Waals surface area contributed by atoms with Gasteiger partial charge in [-0.3, -0.25) is 19.3 Å². The highest BCUT2D eigenvalue weighted by Crippen LogP contribution is 2.38. The van der Waals surface area contributed by atoms with Crippen LogP contribution in [0, 0.1) is 0 Å². The van der Waals surface area contributed by atoms with E-state index >= 15 is 0 Å². The van der Waals surface area contributed by atoms with Gasteiger partial charge in [0, 0.05) is 15.1 Å². The number of benzene rings is 2. The maximum Gasteiger partial charge on any atom is 0.326 e. The Morgan fingerprint density at radius 1 is 1.18 bits per heavy atom. The fourth-order valence-corrected chi connectivity index (χ4v) is 4.44. The molecule has 1 heterocycles. The second kappa shape index (κ2) is 10.8. The standard InChI is InChI=1S/C24H23BrClNO6S/c1-24(2,3)33-21(28)12-27-22(29)20(34-23(27)30)10-15-9-18(31-4)19(11-16(15)25)32-13-14-7-5-6-8-17(14)26/h5-11H,12-13H2,1-4H3. The Labute approximate surface area is 215 Å². The van der Waals surface area contributed by atoms with E-state index in [1.165, 1.54) is 7.11 Å². The molecule has 0 saturated carbocycles. The number of rotatable bonds is 7. The lowest BCUT2D eigenvalue weighted by Gasteiger charge is -2.21. The third kappa shape index (κ3) is 6.55. The highest BCUT2D eigenvalue weighted by atomic mass is 79.9. The third-order valence-electron chi connectivity index (χ3n) is 4.49. The van der Waals surface area contributed by atoms with Gasteiger partial charge in [-0.15, -0.1) is 0 Å². The van der Waals surface area contributed by atoms with Crippen LogP contribution < -0.4 is 9.47 Å². The molecule has 0 aliphatic carbocycles. The van der Waals surface area contributed by atoms with Gasteiger partial charge in [0.05, 0.1) is 12.0 Å². The summed E-state index contributed by atoms with van der Waals surface area (Å²) < 4.78 is 17.2. The molecule has 0 bridgehead atoms. The number of imide groups is 1. The van der Waals surface area contributed by atoms with Gasteiger partial charge < -0.3 is 14.2 Å². The van der Waals surface area contributed by atoms with E-state index in [0.717, 1.165) is 22.2 Å². The molecular formula is C24H23BrClNO6S. The van der Waals surface area contributed by atoms with E-state index in [-0.39, 0.29) is 11.5 Å². The number of thioether (sulfide) groups is 1. The SMILES string of the molecule is COc1cc(C=C2SC(=O)N(CC(=O)OC(C)(C)C)C2=O)c(Br)cc1OCc1ccccc1Cl. The molecule has 0 unspecified atom stereocenters. The number of hydrogen-bond acceptors (Lipinski definition) is 7. The topological polar surface area (TPSA) is 82.1 Å². The van der Waals surface area contributed by atoms with Gasteiger partial charge in [-0.1, -0.05) is 45.7 Å². The van der Waals surface area contributed by atoms with Crippen molar-refractivity contribution in [2.75, 3.05) is 13.7 Å². The summed E-state index contributed by atoms with van der Waals surface area (Å²) in [5.41, 5.74) is 0.709. The summed E-state index contributed by atoms with van der Waals surface area (Å²) in [6.45, 7) is 4.94. The molecule has 10 heteroatoms. The number of carbonyl (C=O) groups is 3. The van der Waals surface area contributed by atoms with Gasteiger partial charge in [-0.05, 0) is 62.4 Å². The van der Waals surface area contributed by atoms with E-state index in [0.29, 0.717) is 26.6 Å². The molecule has 2 aromatic carbocycles. The number of ether oxygens (including phenoxy) is 3. The van der Waals surface area contributed by atoms with Crippen LogP contribution in [0.2, 0.25) is 5.02 Å². The molecule has 34 heavy (non-hydrogen) atoms. The van der Waals surface area contributed by atoms with Crippen LogP contribution in [0.1, 0.15) is 31.9 Å². The van der Waals surface area contributed by atoms with Gasteiger partial charge in [0.2, 0.25) is 0 Å². The molecule has 0 radical (unpaired) electrons. The number of methoxy groups -OCH3 is 1. The first-order valence-corrected chi connectivity index (χ1v) is 12.2. The first kappa shape index (κ1) is 26.1. The summed E-state index contributed by atoms with van der Waals surface area (Å²) in [6.07, 6.45) is 1.56. The third-order valence-corrected chi connectivity index (χ3v) is 6.45. The Kier molecular flexibility index (Phi) is 8.33. The van der Waals surface area contributed by atoms with Crippen LogP contribution >= 0.6 is 39.3 Å². The monoisotopic (exact) mass is 567 g/mol. The van der Waals surface area contributed by atoms with Crippen molar-refractivity contribution in [1.82, 2.24) is 4.90 Å². The normalized spacial score (nSPS) is 15.1. The number of halogens is 2. The van der Waals surface area contributed by atoms with Gasteiger partial charge >= 0.3 is 5.97 Å². The molecule has 2 aromatic rings. The molecule has 3 rings (SSSR count). The zero-order valence-electron chi connectivity index (χ0n) is 19.0. The number of carbonyl (C=O) groups excluding carboxylic acids is 3. The fourth-order valence-electron chi connectivity index (χ4n) is 2.99. The van der Waals surface area contributed by atoms with Crippen LogP contribution in [0.3, 0.4) is 0 Å². The quantitative estimate of drug-likeness (QED) is 0.296. The van der Waals surface area contributed by atoms with Gasteiger partial charge in [-0.2, -0.15) is 0 Å². The Morgan fingerprint density at radius 3 is 2.53 bits per heavy atom. The van der Waals surface area contributed by atoms with Crippen molar-refractivity contribution in [1.29, 1.82) is 0 Å². The van der Waals surface area contributed by atoms with Crippen LogP contribution in [-0.2, 0) is 20.9 Å². The maximum atomic E-state index is 12.8. The summed E-state index contributed by atoms with van der Waals surface area (Å²) in [7, 11) is 1.50. The van der Waals surface area contributed by atoms with Gasteiger partial charge in [0.15, 0.2) is 11.5 Å². The second-order valence-electron chi connectivity index (χ2n) is 8.26. The molecule has 2 amide bonds. The van der Waals surface area contributed by atoms with Crippen molar-refractivity contribution in [3.05, 3.63) is 61.9 Å². The second-order valence-corrected chi connectivity index (χ2v) is 10.5. The smallest absolute Gasteiger partial charge is 0.326 e. The Morgan fingerprint density at radius 2 is 1.88 bits per heavy atom. The molecule has 0 spiro atoms. The number of esters is 1. The minimum absolute atomic E-state index is 0.182. The van der Waals surface area contributed by atoms with Crippen molar-refractivity contribution < 1.29 is 28.6 Å². The largest absolute Gasteiger partial charge is 0.493 e. The number of nitrogens with zero attached hydrogens (tertiary/aromatic N) is 1. The van der Waals surface area contributed by atoms with Crippen molar-refractivity contribution in [3.8, 4) is 11.5 Å². The summed E-state index contributed by atoms with van der Waals surface area (Å²) >= 11 is 10.4. The van der Waals surface area contributed by atoms with Gasteiger partial charge in [-0.25, -0.2) is 0 Å². The molecule has 180 valence electrons. The Balaban J connectivity index is 1.78. The van der Waals surface area contributed by atoms with Gasteiger partial charge in [0.25, 0.3) is 11.1 Å². The summed E-state index contributed by atoms with van der Waals surface area (Å²) in [6, 6.07) is 10.8. The van der Waals surface area contributed by atoms with Crippen LogP contribution in [0.15, 0.2) is 45.8 Å². The van der Waals surface area contributed by atoms with E-state index in [2.05, 4.69) is 15.9 Å². The van der Waals surface area contributed by atoms with E-state index in [1.807, 2.05) is 18.2 Å². The van der Waals surface area contributed by atoms with Gasteiger partial charge in [0.1, 0.15) is 18.8 Å². The first-order valence-electron chi connectivity index (χ1n) is 10.2. The lowest BCUT2D eigenvalue weighted by atomic mass is 10.1. The predicted molar refractivity (Wildman–Crippen MR) is 135 cm³/mol. The molecule has 0 aromatic heterocycles. The van der Waals surface area contributed by atoms with E-state index in [4.69, 9.17) is 25.8 Å². The zero-order chi connectivity index (χ0) is 25.0. The van der Waals surface area contributed by atoms with Crippen LogP contribution in [0.4, 0.5) is 4.79 Å². The molecule has 7 nitrogen and oxygen atoms in total. The van der Waals surface area contributed by atoms with Crippen molar-refractivity contribution in [3.63, 3.8) is 0 Å². The molecule has 0 atom stereocenters. The summed E-state index contributed by atoms with van der Waals surface area (Å²) in [5, 5.41) is 0.0594. The minimum Gasteiger partial charge on any atom is -0.493 e. The molecule has 0 N–H and O–H groups in total.